The highest BCUT2D eigenvalue weighted by atomic mass is 15.4. The Bertz CT molecular complexity index is 263. The standard InChI is InChI=1S/C7H8N4/c1-3-8-10(5-1)7-11-6-2-4-9-11/h1-6H,7H2. The van der Waals surface area contributed by atoms with Gasteiger partial charge in [0.05, 0.1) is 0 Å². The summed E-state index contributed by atoms with van der Waals surface area (Å²) in [6, 6.07) is 3.78. The number of rotatable bonds is 2. The zero-order chi connectivity index (χ0) is 7.52. The second-order valence-electron chi connectivity index (χ2n) is 2.23. The lowest BCUT2D eigenvalue weighted by Crippen LogP contribution is -2.08. The van der Waals surface area contributed by atoms with E-state index >= 15 is 0 Å². The summed E-state index contributed by atoms with van der Waals surface area (Å²) in [4.78, 5) is 0. The predicted octanol–water partition coefficient (Wildman–Crippen LogP) is 0.585. The first kappa shape index (κ1) is 6.15. The van der Waals surface area contributed by atoms with Gasteiger partial charge in [0.15, 0.2) is 0 Å². The fourth-order valence-corrected chi connectivity index (χ4v) is 0.917. The third-order valence-electron chi connectivity index (χ3n) is 1.41. The maximum atomic E-state index is 4.05. The van der Waals surface area contributed by atoms with Crippen LogP contribution in [-0.4, -0.2) is 19.6 Å². The molecular weight excluding hydrogens is 140 g/mol. The maximum Gasteiger partial charge on any atom is 0.133 e. The van der Waals surface area contributed by atoms with Crippen molar-refractivity contribution in [3.8, 4) is 0 Å². The Hall–Kier alpha value is -1.58. The normalized spacial score (nSPS) is 10.2. The summed E-state index contributed by atoms with van der Waals surface area (Å²) in [6.07, 6.45) is 7.32. The summed E-state index contributed by atoms with van der Waals surface area (Å²) in [6.45, 7) is 0.681. The summed E-state index contributed by atoms with van der Waals surface area (Å²) in [5, 5.41) is 8.09. The van der Waals surface area contributed by atoms with Crippen LogP contribution in [0.1, 0.15) is 0 Å². The molecule has 2 rings (SSSR count). The van der Waals surface area contributed by atoms with Gasteiger partial charge in [-0.1, -0.05) is 0 Å². The first-order chi connectivity index (χ1) is 5.45. The van der Waals surface area contributed by atoms with Crippen LogP contribution in [0.5, 0.6) is 0 Å². The molecular formula is C7H8N4. The van der Waals surface area contributed by atoms with Gasteiger partial charge in [0.25, 0.3) is 0 Å². The second-order valence-corrected chi connectivity index (χ2v) is 2.23. The first-order valence-electron chi connectivity index (χ1n) is 3.40. The topological polar surface area (TPSA) is 35.6 Å². The zero-order valence-corrected chi connectivity index (χ0v) is 5.96. The van der Waals surface area contributed by atoms with Gasteiger partial charge < -0.3 is 0 Å². The largest absolute Gasteiger partial charge is 0.251 e. The lowest BCUT2D eigenvalue weighted by atomic mass is 10.7. The molecule has 0 unspecified atom stereocenters. The van der Waals surface area contributed by atoms with Crippen LogP contribution in [-0.2, 0) is 6.67 Å². The molecule has 2 heterocycles. The van der Waals surface area contributed by atoms with E-state index < -0.39 is 0 Å². The van der Waals surface area contributed by atoms with Crippen molar-refractivity contribution >= 4 is 0 Å². The molecule has 0 aliphatic heterocycles. The van der Waals surface area contributed by atoms with E-state index in [1.165, 1.54) is 0 Å². The quantitative estimate of drug-likeness (QED) is 0.624. The highest BCUT2D eigenvalue weighted by Crippen LogP contribution is 1.87. The van der Waals surface area contributed by atoms with Crippen LogP contribution in [0.4, 0.5) is 0 Å². The molecule has 0 spiro atoms. The second kappa shape index (κ2) is 2.57. The van der Waals surface area contributed by atoms with Crippen LogP contribution in [0, 0.1) is 0 Å². The highest BCUT2D eigenvalue weighted by molar-refractivity contribution is 4.80. The van der Waals surface area contributed by atoms with Crippen molar-refractivity contribution in [2.45, 2.75) is 6.67 Å². The van der Waals surface area contributed by atoms with Crippen molar-refractivity contribution in [1.82, 2.24) is 19.6 Å². The van der Waals surface area contributed by atoms with E-state index in [-0.39, 0.29) is 0 Å². The number of nitrogens with zero attached hydrogens (tertiary/aromatic N) is 4. The van der Waals surface area contributed by atoms with Crippen molar-refractivity contribution < 1.29 is 0 Å². The van der Waals surface area contributed by atoms with Crippen molar-refractivity contribution in [2.75, 3.05) is 0 Å². The van der Waals surface area contributed by atoms with Gasteiger partial charge in [-0.2, -0.15) is 10.2 Å². The minimum atomic E-state index is 0.681. The van der Waals surface area contributed by atoms with E-state index in [9.17, 15) is 0 Å². The van der Waals surface area contributed by atoms with Crippen molar-refractivity contribution in [2.24, 2.45) is 0 Å². The molecule has 0 saturated carbocycles. The Morgan fingerprint density at radius 3 is 1.82 bits per heavy atom. The van der Waals surface area contributed by atoms with Gasteiger partial charge in [-0.3, -0.25) is 9.36 Å². The molecule has 0 aliphatic rings. The van der Waals surface area contributed by atoms with E-state index in [0.717, 1.165) is 0 Å². The Morgan fingerprint density at radius 1 is 0.909 bits per heavy atom. The number of aromatic nitrogens is 4. The SMILES string of the molecule is c1cnn(Cn2cccn2)c1. The molecule has 56 valence electrons. The van der Waals surface area contributed by atoms with E-state index in [4.69, 9.17) is 0 Å². The first-order valence-corrected chi connectivity index (χ1v) is 3.40. The molecule has 2 aromatic rings. The Labute approximate surface area is 64.1 Å². The molecule has 0 radical (unpaired) electrons. The number of hydrogen-bond acceptors (Lipinski definition) is 2. The van der Waals surface area contributed by atoms with Crippen molar-refractivity contribution in [1.29, 1.82) is 0 Å². The smallest absolute Gasteiger partial charge is 0.133 e. The molecule has 0 fully saturated rings. The van der Waals surface area contributed by atoms with Crippen LogP contribution < -0.4 is 0 Å². The van der Waals surface area contributed by atoms with Crippen molar-refractivity contribution in [3.05, 3.63) is 36.9 Å². The molecule has 4 heteroatoms. The Morgan fingerprint density at radius 2 is 1.45 bits per heavy atom. The van der Waals surface area contributed by atoms with Crippen LogP contribution in [0.25, 0.3) is 0 Å². The molecule has 0 aromatic carbocycles. The predicted molar refractivity (Wildman–Crippen MR) is 39.9 cm³/mol. The van der Waals surface area contributed by atoms with Crippen LogP contribution in [0.3, 0.4) is 0 Å². The fourth-order valence-electron chi connectivity index (χ4n) is 0.917. The summed E-state index contributed by atoms with van der Waals surface area (Å²) in [5.41, 5.74) is 0. The third-order valence-corrected chi connectivity index (χ3v) is 1.41. The van der Waals surface area contributed by atoms with Gasteiger partial charge in [-0.25, -0.2) is 0 Å². The highest BCUT2D eigenvalue weighted by Gasteiger charge is 1.90. The van der Waals surface area contributed by atoms with Crippen LogP contribution >= 0.6 is 0 Å². The molecule has 0 saturated heterocycles. The summed E-state index contributed by atoms with van der Waals surface area (Å²) >= 11 is 0. The van der Waals surface area contributed by atoms with Crippen LogP contribution in [0.15, 0.2) is 36.9 Å². The fraction of sp³-hybridized carbons (Fsp3) is 0.143. The maximum absolute atomic E-state index is 4.05. The monoisotopic (exact) mass is 148 g/mol. The Kier molecular flexibility index (Phi) is 1.44. The van der Waals surface area contributed by atoms with E-state index in [0.29, 0.717) is 6.67 Å². The van der Waals surface area contributed by atoms with Gasteiger partial charge in [0.2, 0.25) is 0 Å². The molecule has 0 N–H and O–H groups in total. The molecule has 2 aromatic heterocycles. The van der Waals surface area contributed by atoms with E-state index in [2.05, 4.69) is 10.2 Å². The third kappa shape index (κ3) is 1.29. The van der Waals surface area contributed by atoms with Crippen LogP contribution in [0.2, 0.25) is 0 Å². The minimum Gasteiger partial charge on any atom is -0.251 e. The van der Waals surface area contributed by atoms with Gasteiger partial charge in [0.1, 0.15) is 6.67 Å². The average molecular weight is 148 g/mol. The average Bonchev–Trinajstić information content (AvgIpc) is 2.60. The Balaban J connectivity index is 2.14. The van der Waals surface area contributed by atoms with Crippen molar-refractivity contribution in [3.63, 3.8) is 0 Å². The molecule has 0 bridgehead atoms. The lowest BCUT2D eigenvalue weighted by molar-refractivity contribution is 0.503. The van der Waals surface area contributed by atoms with Gasteiger partial charge >= 0.3 is 0 Å². The zero-order valence-electron chi connectivity index (χ0n) is 5.96. The number of hydrogen-bond donors (Lipinski definition) is 0. The molecule has 0 aliphatic carbocycles. The van der Waals surface area contributed by atoms with Gasteiger partial charge in [-0.05, 0) is 12.1 Å². The minimum absolute atomic E-state index is 0.681. The van der Waals surface area contributed by atoms with E-state index in [1.54, 1.807) is 12.4 Å². The summed E-state index contributed by atoms with van der Waals surface area (Å²) in [7, 11) is 0. The van der Waals surface area contributed by atoms with Gasteiger partial charge in [0, 0.05) is 24.8 Å². The molecule has 4 nitrogen and oxygen atoms in total. The lowest BCUT2D eigenvalue weighted by Gasteiger charge is -1.99. The van der Waals surface area contributed by atoms with Gasteiger partial charge in [-0.15, -0.1) is 0 Å². The molecule has 0 atom stereocenters. The molecule has 0 amide bonds. The van der Waals surface area contributed by atoms with E-state index in [1.807, 2.05) is 33.9 Å². The molecule has 11 heavy (non-hydrogen) atoms. The summed E-state index contributed by atoms with van der Waals surface area (Å²) < 4.78 is 3.62. The summed E-state index contributed by atoms with van der Waals surface area (Å²) in [5.74, 6) is 0.